The molecule has 0 saturated heterocycles. The predicted molar refractivity (Wildman–Crippen MR) is 89.4 cm³/mol. The van der Waals surface area contributed by atoms with E-state index in [-0.39, 0.29) is 18.3 Å². The van der Waals surface area contributed by atoms with E-state index in [0.717, 1.165) is 11.3 Å². The number of hydrogen-bond acceptors (Lipinski definition) is 6. The van der Waals surface area contributed by atoms with Gasteiger partial charge in [-0.1, -0.05) is 30.3 Å². The number of anilines is 3. The number of ether oxygens (including phenoxy) is 1. The maximum atomic E-state index is 13.6. The first kappa shape index (κ1) is 15.7. The van der Waals surface area contributed by atoms with Crippen LogP contribution in [0.25, 0.3) is 0 Å². The Hall–Kier alpha value is -3.22. The molecule has 0 saturated carbocycles. The first-order valence-electron chi connectivity index (χ1n) is 7.32. The van der Waals surface area contributed by atoms with Crippen molar-refractivity contribution in [3.63, 3.8) is 0 Å². The quantitative estimate of drug-likeness (QED) is 0.749. The van der Waals surface area contributed by atoms with Gasteiger partial charge in [0, 0.05) is 5.69 Å². The van der Waals surface area contributed by atoms with Gasteiger partial charge in [-0.05, 0) is 30.7 Å². The van der Waals surface area contributed by atoms with Crippen molar-refractivity contribution in [3.05, 3.63) is 65.7 Å². The lowest BCUT2D eigenvalue weighted by Gasteiger charge is -2.10. The van der Waals surface area contributed by atoms with Crippen LogP contribution in [0, 0.1) is 12.7 Å². The number of para-hydroxylation sites is 2. The number of nitrogens with one attached hydrogen (secondary N) is 1. The van der Waals surface area contributed by atoms with E-state index in [9.17, 15) is 4.39 Å². The molecular weight excluding hydrogens is 309 g/mol. The summed E-state index contributed by atoms with van der Waals surface area (Å²) < 4.78 is 19.0. The normalized spacial score (nSPS) is 10.4. The Kier molecular flexibility index (Phi) is 4.51. The number of aryl methyl sites for hydroxylation is 1. The van der Waals surface area contributed by atoms with Crippen molar-refractivity contribution in [3.8, 4) is 5.75 Å². The standard InChI is InChI=1S/C17H16FN5O/c1-11-6-2-4-8-13(11)20-17-22-15(21-16(19)23-17)10-24-14-9-5-3-7-12(14)18/h2-9H,10H2,1H3,(H3,19,20,21,22,23). The summed E-state index contributed by atoms with van der Waals surface area (Å²) in [4.78, 5) is 12.3. The lowest BCUT2D eigenvalue weighted by atomic mass is 10.2. The molecule has 1 aromatic heterocycles. The molecule has 0 radical (unpaired) electrons. The molecular formula is C17H16FN5O. The van der Waals surface area contributed by atoms with Gasteiger partial charge in [-0.15, -0.1) is 0 Å². The summed E-state index contributed by atoms with van der Waals surface area (Å²) >= 11 is 0. The third-order valence-electron chi connectivity index (χ3n) is 3.28. The molecule has 3 rings (SSSR count). The van der Waals surface area contributed by atoms with Crippen molar-refractivity contribution in [2.24, 2.45) is 0 Å². The minimum Gasteiger partial charge on any atom is -0.483 e. The molecule has 7 heteroatoms. The lowest BCUT2D eigenvalue weighted by Crippen LogP contribution is -2.10. The molecule has 3 N–H and O–H groups in total. The maximum absolute atomic E-state index is 13.6. The highest BCUT2D eigenvalue weighted by atomic mass is 19.1. The molecule has 0 aliphatic carbocycles. The first-order chi connectivity index (χ1) is 11.6. The summed E-state index contributed by atoms with van der Waals surface area (Å²) in [6, 6.07) is 13.9. The summed E-state index contributed by atoms with van der Waals surface area (Å²) in [7, 11) is 0. The Morgan fingerprint density at radius 2 is 1.79 bits per heavy atom. The molecule has 0 fully saturated rings. The van der Waals surface area contributed by atoms with Gasteiger partial charge in [-0.25, -0.2) is 4.39 Å². The smallest absolute Gasteiger partial charge is 0.232 e. The number of aromatic nitrogens is 3. The van der Waals surface area contributed by atoms with Crippen molar-refractivity contribution < 1.29 is 9.13 Å². The highest BCUT2D eigenvalue weighted by Gasteiger charge is 2.08. The first-order valence-corrected chi connectivity index (χ1v) is 7.32. The molecule has 0 aliphatic rings. The molecule has 0 spiro atoms. The molecule has 6 nitrogen and oxygen atoms in total. The molecule has 0 unspecified atom stereocenters. The lowest BCUT2D eigenvalue weighted by molar-refractivity contribution is 0.281. The van der Waals surface area contributed by atoms with Crippen molar-refractivity contribution in [2.75, 3.05) is 11.1 Å². The van der Waals surface area contributed by atoms with Gasteiger partial charge in [0.15, 0.2) is 17.4 Å². The van der Waals surface area contributed by atoms with Crippen molar-refractivity contribution in [1.82, 2.24) is 15.0 Å². The molecule has 0 bridgehead atoms. The van der Waals surface area contributed by atoms with E-state index < -0.39 is 5.82 Å². The summed E-state index contributed by atoms with van der Waals surface area (Å²) in [6.45, 7) is 1.95. The molecule has 24 heavy (non-hydrogen) atoms. The number of benzene rings is 2. The maximum Gasteiger partial charge on any atom is 0.232 e. The Bertz CT molecular complexity index is 856. The number of hydrogen-bond donors (Lipinski definition) is 2. The van der Waals surface area contributed by atoms with Gasteiger partial charge in [0.1, 0.15) is 6.61 Å². The van der Waals surface area contributed by atoms with Crippen LogP contribution in [0.4, 0.5) is 22.0 Å². The van der Waals surface area contributed by atoms with Crippen LogP contribution in [0.1, 0.15) is 11.4 Å². The van der Waals surface area contributed by atoms with Crippen LogP contribution in [-0.2, 0) is 6.61 Å². The third-order valence-corrected chi connectivity index (χ3v) is 3.28. The van der Waals surface area contributed by atoms with Crippen molar-refractivity contribution in [1.29, 1.82) is 0 Å². The van der Waals surface area contributed by atoms with Crippen molar-refractivity contribution >= 4 is 17.6 Å². The molecule has 1 heterocycles. The minimum atomic E-state index is -0.446. The Labute approximate surface area is 138 Å². The second kappa shape index (κ2) is 6.91. The van der Waals surface area contributed by atoms with E-state index in [1.807, 2.05) is 31.2 Å². The van der Waals surface area contributed by atoms with Gasteiger partial charge in [0.25, 0.3) is 0 Å². The molecule has 0 amide bonds. The number of nitrogen functional groups attached to an aromatic ring is 1. The van der Waals surface area contributed by atoms with Crippen LogP contribution in [0.3, 0.4) is 0 Å². The number of nitrogens with zero attached hydrogens (tertiary/aromatic N) is 3. The minimum absolute atomic E-state index is 0.0178. The van der Waals surface area contributed by atoms with E-state index in [4.69, 9.17) is 10.5 Å². The average Bonchev–Trinajstić information content (AvgIpc) is 2.56. The molecule has 122 valence electrons. The Morgan fingerprint density at radius 3 is 2.58 bits per heavy atom. The largest absolute Gasteiger partial charge is 0.483 e. The van der Waals surface area contributed by atoms with Crippen LogP contribution < -0.4 is 15.8 Å². The summed E-state index contributed by atoms with van der Waals surface area (Å²) in [5.74, 6) is 0.363. The summed E-state index contributed by atoms with van der Waals surface area (Å²) in [6.07, 6.45) is 0. The van der Waals surface area contributed by atoms with E-state index in [2.05, 4.69) is 20.3 Å². The monoisotopic (exact) mass is 325 g/mol. The van der Waals surface area contributed by atoms with Crippen LogP contribution in [0.2, 0.25) is 0 Å². The van der Waals surface area contributed by atoms with E-state index in [1.54, 1.807) is 12.1 Å². The van der Waals surface area contributed by atoms with Gasteiger partial charge in [0.05, 0.1) is 0 Å². The van der Waals surface area contributed by atoms with Gasteiger partial charge >= 0.3 is 0 Å². The fourth-order valence-electron chi connectivity index (χ4n) is 2.10. The average molecular weight is 325 g/mol. The topological polar surface area (TPSA) is 86.0 Å². The molecule has 3 aromatic rings. The van der Waals surface area contributed by atoms with E-state index in [0.29, 0.717) is 11.8 Å². The van der Waals surface area contributed by atoms with Gasteiger partial charge in [-0.3, -0.25) is 0 Å². The summed E-state index contributed by atoms with van der Waals surface area (Å²) in [5, 5.41) is 3.09. The Balaban J connectivity index is 1.77. The van der Waals surface area contributed by atoms with E-state index in [1.165, 1.54) is 12.1 Å². The highest BCUT2D eigenvalue weighted by molar-refractivity contribution is 5.58. The SMILES string of the molecule is Cc1ccccc1Nc1nc(N)nc(COc2ccccc2F)n1. The van der Waals surface area contributed by atoms with Crippen LogP contribution in [0.15, 0.2) is 48.5 Å². The van der Waals surface area contributed by atoms with Gasteiger partial charge < -0.3 is 15.8 Å². The van der Waals surface area contributed by atoms with Crippen molar-refractivity contribution in [2.45, 2.75) is 13.5 Å². The zero-order valence-corrected chi connectivity index (χ0v) is 13.0. The zero-order chi connectivity index (χ0) is 16.9. The third kappa shape index (κ3) is 3.75. The summed E-state index contributed by atoms with van der Waals surface area (Å²) in [5.41, 5.74) is 7.63. The second-order valence-electron chi connectivity index (χ2n) is 5.09. The fourth-order valence-corrected chi connectivity index (χ4v) is 2.10. The molecule has 2 aromatic carbocycles. The Morgan fingerprint density at radius 1 is 1.04 bits per heavy atom. The van der Waals surface area contributed by atoms with Crippen LogP contribution in [0.5, 0.6) is 5.75 Å². The zero-order valence-electron chi connectivity index (χ0n) is 13.0. The highest BCUT2D eigenvalue weighted by Crippen LogP contribution is 2.19. The fraction of sp³-hybridized carbons (Fsp3) is 0.118. The second-order valence-corrected chi connectivity index (χ2v) is 5.09. The molecule has 0 atom stereocenters. The predicted octanol–water partition coefficient (Wildman–Crippen LogP) is 3.22. The van der Waals surface area contributed by atoms with Gasteiger partial charge in [0.2, 0.25) is 11.9 Å². The van der Waals surface area contributed by atoms with Gasteiger partial charge in [-0.2, -0.15) is 15.0 Å². The molecule has 0 aliphatic heterocycles. The van der Waals surface area contributed by atoms with E-state index >= 15 is 0 Å². The van der Waals surface area contributed by atoms with Crippen LogP contribution in [-0.4, -0.2) is 15.0 Å². The number of halogens is 1. The van der Waals surface area contributed by atoms with Crippen LogP contribution >= 0.6 is 0 Å². The number of rotatable bonds is 5. The number of nitrogens with two attached hydrogens (primary N) is 1.